The fourth-order valence-electron chi connectivity index (χ4n) is 3.15. The zero-order chi connectivity index (χ0) is 16.1. The minimum atomic E-state index is -0.184. The smallest absolute Gasteiger partial charge is 0.320 e. The molecule has 0 saturated carbocycles. The largest absolute Gasteiger partial charge is 0.379 e. The first-order valence-electron chi connectivity index (χ1n) is 8.07. The molecule has 0 aromatic carbocycles. The molecule has 0 radical (unpaired) electrons. The maximum atomic E-state index is 12.2. The molecule has 1 atom stereocenters. The summed E-state index contributed by atoms with van der Waals surface area (Å²) in [5.41, 5.74) is 1.02. The van der Waals surface area contributed by atoms with E-state index in [-0.39, 0.29) is 11.6 Å². The Morgan fingerprint density at radius 2 is 2.30 bits per heavy atom. The highest BCUT2D eigenvalue weighted by molar-refractivity contribution is 7.99. The number of carbonyl (C=O) groups excluding carboxylic acids is 1. The predicted octanol–water partition coefficient (Wildman–Crippen LogP) is 1.72. The summed E-state index contributed by atoms with van der Waals surface area (Å²) in [6, 6.07) is 3.61. The van der Waals surface area contributed by atoms with E-state index < -0.39 is 0 Å². The van der Waals surface area contributed by atoms with Crippen molar-refractivity contribution in [3.8, 4) is 0 Å². The van der Waals surface area contributed by atoms with Gasteiger partial charge in [0.05, 0.1) is 13.2 Å². The molecule has 3 rings (SSSR count). The van der Waals surface area contributed by atoms with Gasteiger partial charge in [-0.1, -0.05) is 6.07 Å². The Morgan fingerprint density at radius 3 is 3.00 bits per heavy atom. The van der Waals surface area contributed by atoms with Crippen LogP contribution in [0.3, 0.4) is 0 Å². The van der Waals surface area contributed by atoms with Gasteiger partial charge in [0, 0.05) is 37.1 Å². The number of anilines is 1. The van der Waals surface area contributed by atoms with Gasteiger partial charge in [0.15, 0.2) is 0 Å². The number of hydrogen-bond acceptors (Lipinski definition) is 5. The van der Waals surface area contributed by atoms with E-state index >= 15 is 0 Å². The van der Waals surface area contributed by atoms with Crippen LogP contribution in [-0.4, -0.2) is 65.8 Å². The number of nitrogens with one attached hydrogen (secondary N) is 2. The fraction of sp³-hybridized carbons (Fsp3) is 0.625. The topological polar surface area (TPSA) is 66.5 Å². The predicted molar refractivity (Wildman–Crippen MR) is 93.1 cm³/mol. The van der Waals surface area contributed by atoms with Gasteiger partial charge in [-0.2, -0.15) is 11.8 Å². The Morgan fingerprint density at radius 1 is 1.48 bits per heavy atom. The molecule has 126 valence electrons. The zero-order valence-corrected chi connectivity index (χ0v) is 14.3. The number of hydrogen-bond donors (Lipinski definition) is 2. The molecule has 1 aromatic heterocycles. The first-order chi connectivity index (χ1) is 11.2. The molecule has 3 heterocycles. The van der Waals surface area contributed by atoms with Gasteiger partial charge < -0.3 is 10.1 Å². The standard InChI is InChI=1S/C16H24N4O2S/c1-13-3-2-5-17-14(13)19-15(21)18-11-16(4-10-23-12-16)20-6-8-22-9-7-20/h2-3,5H,4,6-12H2,1H3,(H2,17,18,19,21). The summed E-state index contributed by atoms with van der Waals surface area (Å²) < 4.78 is 5.47. The first kappa shape index (κ1) is 16.5. The van der Waals surface area contributed by atoms with Crippen LogP contribution in [-0.2, 0) is 4.74 Å². The number of ether oxygens (including phenoxy) is 1. The van der Waals surface area contributed by atoms with E-state index in [2.05, 4.69) is 20.5 Å². The van der Waals surface area contributed by atoms with E-state index in [4.69, 9.17) is 4.74 Å². The van der Waals surface area contributed by atoms with Crippen molar-refractivity contribution in [3.05, 3.63) is 23.9 Å². The highest BCUT2D eigenvalue weighted by Gasteiger charge is 2.40. The average molecular weight is 336 g/mol. The molecule has 2 amide bonds. The van der Waals surface area contributed by atoms with Crippen molar-refractivity contribution in [2.45, 2.75) is 18.9 Å². The second-order valence-electron chi connectivity index (χ2n) is 6.10. The number of aryl methyl sites for hydroxylation is 1. The molecule has 0 spiro atoms. The third-order valence-electron chi connectivity index (χ3n) is 4.58. The number of rotatable bonds is 4. The Balaban J connectivity index is 1.58. The molecule has 1 unspecified atom stereocenters. The molecule has 0 aliphatic carbocycles. The molecule has 2 aliphatic heterocycles. The van der Waals surface area contributed by atoms with Crippen LogP contribution in [0.5, 0.6) is 0 Å². The summed E-state index contributed by atoms with van der Waals surface area (Å²) in [4.78, 5) is 18.9. The molecule has 23 heavy (non-hydrogen) atoms. The number of morpholine rings is 1. The summed E-state index contributed by atoms with van der Waals surface area (Å²) in [5, 5.41) is 5.90. The van der Waals surface area contributed by atoms with Gasteiger partial charge in [-0.05, 0) is 30.7 Å². The highest BCUT2D eigenvalue weighted by Crippen LogP contribution is 2.33. The van der Waals surface area contributed by atoms with Crippen LogP contribution in [0.2, 0.25) is 0 Å². The SMILES string of the molecule is Cc1cccnc1NC(=O)NCC1(N2CCOCC2)CCSC1. The van der Waals surface area contributed by atoms with Gasteiger partial charge in [-0.15, -0.1) is 0 Å². The third kappa shape index (κ3) is 3.97. The Hall–Kier alpha value is -1.31. The number of carbonyl (C=O) groups is 1. The monoisotopic (exact) mass is 336 g/mol. The lowest BCUT2D eigenvalue weighted by Gasteiger charge is -2.43. The molecule has 2 fully saturated rings. The van der Waals surface area contributed by atoms with Gasteiger partial charge in [0.25, 0.3) is 0 Å². The highest BCUT2D eigenvalue weighted by atomic mass is 32.2. The van der Waals surface area contributed by atoms with Crippen LogP contribution < -0.4 is 10.6 Å². The molecule has 7 heteroatoms. The lowest BCUT2D eigenvalue weighted by Crippen LogP contribution is -2.59. The number of aromatic nitrogens is 1. The summed E-state index contributed by atoms with van der Waals surface area (Å²) in [5.74, 6) is 2.84. The van der Waals surface area contributed by atoms with Crippen molar-refractivity contribution in [1.82, 2.24) is 15.2 Å². The quantitative estimate of drug-likeness (QED) is 0.876. The van der Waals surface area contributed by atoms with E-state index in [0.29, 0.717) is 12.4 Å². The van der Waals surface area contributed by atoms with Gasteiger partial charge in [0.2, 0.25) is 0 Å². The number of amides is 2. The molecule has 6 nitrogen and oxygen atoms in total. The van der Waals surface area contributed by atoms with Gasteiger partial charge in [0.1, 0.15) is 5.82 Å². The minimum absolute atomic E-state index is 0.0605. The normalized spacial score (nSPS) is 25.3. The van der Waals surface area contributed by atoms with E-state index in [0.717, 1.165) is 49.8 Å². The van der Waals surface area contributed by atoms with Crippen molar-refractivity contribution < 1.29 is 9.53 Å². The van der Waals surface area contributed by atoms with Crippen molar-refractivity contribution in [2.24, 2.45) is 0 Å². The van der Waals surface area contributed by atoms with Crippen molar-refractivity contribution >= 4 is 23.6 Å². The summed E-state index contributed by atoms with van der Waals surface area (Å²) >= 11 is 1.97. The lowest BCUT2D eigenvalue weighted by atomic mass is 9.95. The lowest BCUT2D eigenvalue weighted by molar-refractivity contribution is -0.0123. The fourth-order valence-corrected chi connectivity index (χ4v) is 4.63. The molecule has 2 aliphatic rings. The molecule has 0 bridgehead atoms. The van der Waals surface area contributed by atoms with Crippen LogP contribution in [0, 0.1) is 6.92 Å². The average Bonchev–Trinajstić information content (AvgIpc) is 3.06. The Kier molecular flexibility index (Phi) is 5.40. The molecular formula is C16H24N4O2S. The summed E-state index contributed by atoms with van der Waals surface area (Å²) in [6.45, 7) is 6.06. The summed E-state index contributed by atoms with van der Waals surface area (Å²) in [6.07, 6.45) is 2.80. The summed E-state index contributed by atoms with van der Waals surface area (Å²) in [7, 11) is 0. The van der Waals surface area contributed by atoms with Gasteiger partial charge in [-0.3, -0.25) is 10.2 Å². The van der Waals surface area contributed by atoms with Crippen molar-refractivity contribution in [3.63, 3.8) is 0 Å². The number of thioether (sulfide) groups is 1. The third-order valence-corrected chi connectivity index (χ3v) is 5.82. The number of pyridine rings is 1. The second kappa shape index (κ2) is 7.51. The molecule has 1 aromatic rings. The van der Waals surface area contributed by atoms with Gasteiger partial charge >= 0.3 is 6.03 Å². The number of nitrogens with zero attached hydrogens (tertiary/aromatic N) is 2. The van der Waals surface area contributed by atoms with E-state index in [1.54, 1.807) is 6.20 Å². The first-order valence-corrected chi connectivity index (χ1v) is 9.22. The van der Waals surface area contributed by atoms with E-state index in [9.17, 15) is 4.79 Å². The van der Waals surface area contributed by atoms with Gasteiger partial charge in [-0.25, -0.2) is 9.78 Å². The van der Waals surface area contributed by atoms with Crippen molar-refractivity contribution in [2.75, 3.05) is 49.7 Å². The van der Waals surface area contributed by atoms with Crippen LogP contribution in [0.4, 0.5) is 10.6 Å². The molecule has 2 saturated heterocycles. The second-order valence-corrected chi connectivity index (χ2v) is 7.21. The van der Waals surface area contributed by atoms with Crippen LogP contribution in [0.1, 0.15) is 12.0 Å². The van der Waals surface area contributed by atoms with Crippen LogP contribution in [0.15, 0.2) is 18.3 Å². The minimum Gasteiger partial charge on any atom is -0.379 e. The Bertz CT molecular complexity index is 543. The maximum Gasteiger partial charge on any atom is 0.320 e. The van der Waals surface area contributed by atoms with E-state index in [1.807, 2.05) is 30.8 Å². The Labute approximate surface area is 141 Å². The molecular weight excluding hydrogens is 312 g/mol. The zero-order valence-electron chi connectivity index (χ0n) is 13.5. The maximum absolute atomic E-state index is 12.2. The van der Waals surface area contributed by atoms with Crippen LogP contribution in [0.25, 0.3) is 0 Å². The van der Waals surface area contributed by atoms with Crippen molar-refractivity contribution in [1.29, 1.82) is 0 Å². The number of urea groups is 1. The van der Waals surface area contributed by atoms with Crippen LogP contribution >= 0.6 is 11.8 Å². The van der Waals surface area contributed by atoms with E-state index in [1.165, 1.54) is 0 Å². The molecule has 2 N–H and O–H groups in total.